The smallest absolute Gasteiger partial charge is 0.270 e. The highest BCUT2D eigenvalue weighted by Crippen LogP contribution is 2.31. The van der Waals surface area contributed by atoms with E-state index in [1.54, 1.807) is 12.1 Å². The molecule has 1 aliphatic heterocycles. The molecule has 3 aromatic rings. The second-order valence-electron chi connectivity index (χ2n) is 7.03. The fraction of sp³-hybridized carbons (Fsp3) is 0.261. The van der Waals surface area contributed by atoms with Gasteiger partial charge < -0.3 is 14.2 Å². The van der Waals surface area contributed by atoms with Crippen molar-refractivity contribution in [2.45, 2.75) is 19.4 Å². The molecule has 2 heterocycles. The summed E-state index contributed by atoms with van der Waals surface area (Å²) in [6.07, 6.45) is 3.76. The van der Waals surface area contributed by atoms with Gasteiger partial charge in [0.1, 0.15) is 23.9 Å². The van der Waals surface area contributed by atoms with Crippen molar-refractivity contribution in [3.63, 3.8) is 0 Å². The predicted molar refractivity (Wildman–Crippen MR) is 108 cm³/mol. The number of fused-ring (bicyclic) bond motifs is 1. The molecule has 4 nitrogen and oxygen atoms in total. The number of carbonyl (C=O) groups is 1. The van der Waals surface area contributed by atoms with E-state index in [1.807, 2.05) is 39.8 Å². The van der Waals surface area contributed by atoms with Crippen LogP contribution in [0.2, 0.25) is 0 Å². The Morgan fingerprint density at radius 1 is 1.14 bits per heavy atom. The highest BCUT2D eigenvalue weighted by molar-refractivity contribution is 6.00. The number of halogens is 1. The van der Waals surface area contributed by atoms with Gasteiger partial charge in [-0.1, -0.05) is 30.9 Å². The second kappa shape index (κ2) is 7.89. The molecular weight excluding hydrogens is 355 g/mol. The summed E-state index contributed by atoms with van der Waals surface area (Å²) in [4.78, 5) is 15.1. The summed E-state index contributed by atoms with van der Waals surface area (Å²) in [5.41, 5.74) is 2.31. The molecule has 0 N–H and O–H groups in total. The number of ether oxygens (including phenoxy) is 1. The topological polar surface area (TPSA) is 34.5 Å². The van der Waals surface area contributed by atoms with Gasteiger partial charge in [0.15, 0.2) is 0 Å². The van der Waals surface area contributed by atoms with Crippen molar-refractivity contribution in [1.29, 1.82) is 0 Å². The molecule has 1 aliphatic rings. The van der Waals surface area contributed by atoms with Crippen molar-refractivity contribution in [2.24, 2.45) is 0 Å². The highest BCUT2D eigenvalue weighted by atomic mass is 19.1. The minimum absolute atomic E-state index is 0.0137. The van der Waals surface area contributed by atoms with Crippen molar-refractivity contribution in [1.82, 2.24) is 9.47 Å². The van der Waals surface area contributed by atoms with Gasteiger partial charge in [0, 0.05) is 25.0 Å². The highest BCUT2D eigenvalue weighted by Gasteiger charge is 2.24. The molecule has 5 heteroatoms. The molecule has 2 aromatic carbocycles. The normalized spacial score (nSPS) is 13.8. The van der Waals surface area contributed by atoms with Gasteiger partial charge in [-0.15, -0.1) is 0 Å². The minimum Gasteiger partial charge on any atom is -0.489 e. The Bertz CT molecular complexity index is 1020. The van der Waals surface area contributed by atoms with Crippen LogP contribution in [0.15, 0.2) is 61.2 Å². The van der Waals surface area contributed by atoms with Crippen molar-refractivity contribution >= 4 is 16.8 Å². The van der Waals surface area contributed by atoms with Crippen LogP contribution in [-0.4, -0.2) is 35.1 Å². The quantitative estimate of drug-likeness (QED) is 0.586. The Kier molecular flexibility index (Phi) is 5.15. The maximum atomic E-state index is 13.7. The van der Waals surface area contributed by atoms with Gasteiger partial charge in [-0.05, 0) is 48.7 Å². The molecule has 4 rings (SSSR count). The zero-order valence-electron chi connectivity index (χ0n) is 15.7. The Balaban J connectivity index is 1.82. The monoisotopic (exact) mass is 378 g/mol. The van der Waals surface area contributed by atoms with Crippen LogP contribution in [0.1, 0.15) is 28.9 Å². The van der Waals surface area contributed by atoms with Gasteiger partial charge in [0.2, 0.25) is 0 Å². The van der Waals surface area contributed by atoms with Crippen molar-refractivity contribution < 1.29 is 13.9 Å². The Morgan fingerprint density at radius 3 is 2.68 bits per heavy atom. The van der Waals surface area contributed by atoms with E-state index >= 15 is 0 Å². The first-order chi connectivity index (χ1) is 13.7. The number of aromatic nitrogens is 1. The summed E-state index contributed by atoms with van der Waals surface area (Å²) in [5, 5.41) is 0.878. The Labute approximate surface area is 163 Å². The average molecular weight is 378 g/mol. The summed E-state index contributed by atoms with van der Waals surface area (Å²) >= 11 is 0. The molecule has 0 radical (unpaired) electrons. The number of rotatable bonds is 6. The summed E-state index contributed by atoms with van der Waals surface area (Å²) in [6, 6.07) is 14.2. The van der Waals surface area contributed by atoms with E-state index < -0.39 is 0 Å². The van der Waals surface area contributed by atoms with E-state index in [1.165, 1.54) is 12.1 Å². The molecule has 28 heavy (non-hydrogen) atoms. The van der Waals surface area contributed by atoms with Crippen LogP contribution in [0.25, 0.3) is 10.9 Å². The van der Waals surface area contributed by atoms with Crippen LogP contribution < -0.4 is 4.74 Å². The van der Waals surface area contributed by atoms with E-state index in [4.69, 9.17) is 4.74 Å². The first kappa shape index (κ1) is 18.3. The third-order valence-corrected chi connectivity index (χ3v) is 5.10. The van der Waals surface area contributed by atoms with Crippen LogP contribution in [0.5, 0.6) is 5.75 Å². The van der Waals surface area contributed by atoms with Gasteiger partial charge in [-0.2, -0.15) is 0 Å². The summed E-state index contributed by atoms with van der Waals surface area (Å²) in [6.45, 7) is 6.06. The van der Waals surface area contributed by atoms with E-state index in [9.17, 15) is 9.18 Å². The van der Waals surface area contributed by atoms with Crippen LogP contribution >= 0.6 is 0 Å². The molecular formula is C23H23FN2O2. The lowest BCUT2D eigenvalue weighted by Crippen LogP contribution is -2.29. The number of amides is 1. The van der Waals surface area contributed by atoms with Crippen LogP contribution in [0.3, 0.4) is 0 Å². The predicted octanol–water partition coefficient (Wildman–Crippen LogP) is 4.63. The zero-order chi connectivity index (χ0) is 19.5. The molecule has 0 aliphatic carbocycles. The first-order valence-corrected chi connectivity index (χ1v) is 9.57. The maximum absolute atomic E-state index is 13.7. The molecule has 0 saturated carbocycles. The summed E-state index contributed by atoms with van der Waals surface area (Å²) in [5.74, 6) is 0.446. The molecule has 0 spiro atoms. The number of hydrogen-bond acceptors (Lipinski definition) is 2. The lowest BCUT2D eigenvalue weighted by molar-refractivity contribution is 0.0783. The van der Waals surface area contributed by atoms with Gasteiger partial charge >= 0.3 is 0 Å². The van der Waals surface area contributed by atoms with E-state index in [-0.39, 0.29) is 11.7 Å². The van der Waals surface area contributed by atoms with Gasteiger partial charge in [0.25, 0.3) is 5.91 Å². The minimum atomic E-state index is -0.281. The first-order valence-electron chi connectivity index (χ1n) is 9.57. The number of likely N-dealkylation sites (tertiary alicyclic amines) is 1. The van der Waals surface area contributed by atoms with Crippen LogP contribution in [0, 0.1) is 5.82 Å². The van der Waals surface area contributed by atoms with Gasteiger partial charge in [-0.3, -0.25) is 4.79 Å². The largest absolute Gasteiger partial charge is 0.489 e. The second-order valence-corrected chi connectivity index (χ2v) is 7.03. The van der Waals surface area contributed by atoms with Crippen LogP contribution in [-0.2, 0) is 6.54 Å². The van der Waals surface area contributed by atoms with Crippen LogP contribution in [0.4, 0.5) is 4.39 Å². The third-order valence-electron chi connectivity index (χ3n) is 5.10. The Morgan fingerprint density at radius 2 is 1.93 bits per heavy atom. The fourth-order valence-corrected chi connectivity index (χ4v) is 3.78. The summed E-state index contributed by atoms with van der Waals surface area (Å²) < 4.78 is 21.5. The molecule has 0 unspecified atom stereocenters. The van der Waals surface area contributed by atoms with E-state index in [2.05, 4.69) is 6.58 Å². The maximum Gasteiger partial charge on any atom is 0.270 e. The van der Waals surface area contributed by atoms with Gasteiger partial charge in [0.05, 0.1) is 5.52 Å². The Hall–Kier alpha value is -3.08. The molecule has 1 saturated heterocycles. The standard InChI is InChI=1S/C23H23FN2O2/c1-2-13-28-22-10-6-9-20-19(22)15-21(23(27)25-11-3-4-12-25)26(20)16-17-7-5-8-18(24)14-17/h2,5-10,14-15H,1,3-4,11-13,16H2. The molecule has 144 valence electrons. The van der Waals surface area contributed by atoms with E-state index in [0.29, 0.717) is 24.6 Å². The SMILES string of the molecule is C=CCOc1cccc2c1cc(C(=O)N1CCCC1)n2Cc1cccc(F)c1. The molecule has 1 amide bonds. The van der Waals surface area contributed by atoms with E-state index in [0.717, 1.165) is 42.4 Å². The van der Waals surface area contributed by atoms with Gasteiger partial charge in [-0.25, -0.2) is 4.39 Å². The zero-order valence-corrected chi connectivity index (χ0v) is 15.7. The molecule has 1 fully saturated rings. The molecule has 1 aromatic heterocycles. The molecule has 0 bridgehead atoms. The average Bonchev–Trinajstić information content (AvgIpc) is 3.35. The van der Waals surface area contributed by atoms with Crippen molar-refractivity contribution in [2.75, 3.05) is 19.7 Å². The summed E-state index contributed by atoms with van der Waals surface area (Å²) in [7, 11) is 0. The number of hydrogen-bond donors (Lipinski definition) is 0. The third kappa shape index (κ3) is 3.52. The number of benzene rings is 2. The van der Waals surface area contributed by atoms with Crippen molar-refractivity contribution in [3.05, 3.63) is 78.3 Å². The lowest BCUT2D eigenvalue weighted by atomic mass is 10.2. The molecule has 0 atom stereocenters. The number of carbonyl (C=O) groups excluding carboxylic acids is 1. The number of nitrogens with zero attached hydrogens (tertiary/aromatic N) is 2. The lowest BCUT2D eigenvalue weighted by Gasteiger charge is -2.17. The van der Waals surface area contributed by atoms with Crippen molar-refractivity contribution in [3.8, 4) is 5.75 Å². The fourth-order valence-electron chi connectivity index (χ4n) is 3.78.